The topological polar surface area (TPSA) is 79.2 Å². The van der Waals surface area contributed by atoms with Crippen LogP contribution in [0.3, 0.4) is 0 Å². The summed E-state index contributed by atoms with van der Waals surface area (Å²) in [5.74, 6) is 0.239. The zero-order chi connectivity index (χ0) is 23.4. The molecule has 0 radical (unpaired) electrons. The second-order valence-corrected chi connectivity index (χ2v) is 11.2. The molecule has 5 atom stereocenters. The molecule has 1 aliphatic heterocycles. The molecule has 5 nitrogen and oxygen atoms in total. The summed E-state index contributed by atoms with van der Waals surface area (Å²) in [7, 11) is -0.148. The molecule has 32 heavy (non-hydrogen) atoms. The van der Waals surface area contributed by atoms with E-state index in [1.807, 2.05) is 12.2 Å². The Hall–Kier alpha value is -0.655. The SMILES string of the molecule is CC1(C)OB(CCC/C=C\C[C@@H]2[C@@H](/C=C/[C@@H](O)C3CCCCC3)[C@H](O)C[C@@H]2O)OC1(C)C. The number of aliphatic hydroxyl groups is 3. The van der Waals surface area contributed by atoms with Gasteiger partial charge in [-0.2, -0.15) is 0 Å². The average Bonchev–Trinajstić information content (AvgIpc) is 3.12. The van der Waals surface area contributed by atoms with Gasteiger partial charge in [0.05, 0.1) is 29.5 Å². The summed E-state index contributed by atoms with van der Waals surface area (Å²) in [6.45, 7) is 8.31. The van der Waals surface area contributed by atoms with Gasteiger partial charge in [-0.1, -0.05) is 50.0 Å². The Bertz CT molecular complexity index is 624. The van der Waals surface area contributed by atoms with E-state index in [1.165, 1.54) is 19.3 Å². The molecule has 1 saturated heterocycles. The second-order valence-electron chi connectivity index (χ2n) is 11.2. The smallest absolute Gasteiger partial charge is 0.403 e. The zero-order valence-electron chi connectivity index (χ0n) is 20.6. The van der Waals surface area contributed by atoms with Crippen LogP contribution in [0.25, 0.3) is 0 Å². The van der Waals surface area contributed by atoms with Crippen molar-refractivity contribution in [2.24, 2.45) is 17.8 Å². The average molecular weight is 448 g/mol. The lowest BCUT2D eigenvalue weighted by molar-refractivity contribution is 0.00578. The molecule has 2 saturated carbocycles. The molecule has 0 unspecified atom stereocenters. The third-order valence-electron chi connectivity index (χ3n) is 8.27. The highest BCUT2D eigenvalue weighted by Crippen LogP contribution is 2.39. The lowest BCUT2D eigenvalue weighted by atomic mass is 9.82. The van der Waals surface area contributed by atoms with E-state index in [2.05, 4.69) is 39.8 Å². The molecule has 0 bridgehead atoms. The van der Waals surface area contributed by atoms with Crippen molar-refractivity contribution in [1.82, 2.24) is 0 Å². The molecular weight excluding hydrogens is 403 g/mol. The van der Waals surface area contributed by atoms with Gasteiger partial charge < -0.3 is 24.6 Å². The van der Waals surface area contributed by atoms with Crippen LogP contribution in [-0.4, -0.2) is 52.0 Å². The van der Waals surface area contributed by atoms with Crippen LogP contribution in [0, 0.1) is 17.8 Å². The quantitative estimate of drug-likeness (QED) is 0.272. The maximum atomic E-state index is 10.5. The minimum atomic E-state index is -0.540. The number of unbranched alkanes of at least 4 members (excludes halogenated alkanes) is 1. The van der Waals surface area contributed by atoms with Crippen molar-refractivity contribution in [2.75, 3.05) is 0 Å². The van der Waals surface area contributed by atoms with Gasteiger partial charge in [0.2, 0.25) is 0 Å². The maximum absolute atomic E-state index is 10.5. The summed E-state index contributed by atoms with van der Waals surface area (Å²) in [6.07, 6.45) is 16.4. The van der Waals surface area contributed by atoms with Gasteiger partial charge in [0.25, 0.3) is 0 Å². The van der Waals surface area contributed by atoms with Crippen molar-refractivity contribution in [2.45, 2.75) is 121 Å². The number of rotatable bonds is 9. The Balaban J connectivity index is 1.42. The maximum Gasteiger partial charge on any atom is 0.457 e. The summed E-state index contributed by atoms with van der Waals surface area (Å²) in [5.41, 5.74) is -0.555. The Morgan fingerprint density at radius 1 is 0.969 bits per heavy atom. The Morgan fingerprint density at radius 2 is 1.62 bits per heavy atom. The zero-order valence-corrected chi connectivity index (χ0v) is 20.6. The Labute approximate surface area is 195 Å². The number of hydrogen-bond donors (Lipinski definition) is 3. The first-order valence-electron chi connectivity index (χ1n) is 12.8. The molecule has 3 fully saturated rings. The number of allylic oxidation sites excluding steroid dienone is 2. The first-order chi connectivity index (χ1) is 15.1. The van der Waals surface area contributed by atoms with Gasteiger partial charge in [-0.05, 0) is 71.5 Å². The Morgan fingerprint density at radius 3 is 2.28 bits per heavy atom. The molecule has 0 amide bonds. The highest BCUT2D eigenvalue weighted by atomic mass is 16.7. The van der Waals surface area contributed by atoms with E-state index in [9.17, 15) is 15.3 Å². The second kappa shape index (κ2) is 11.2. The van der Waals surface area contributed by atoms with Crippen molar-refractivity contribution in [1.29, 1.82) is 0 Å². The molecule has 182 valence electrons. The third kappa shape index (κ3) is 6.47. The van der Waals surface area contributed by atoms with Gasteiger partial charge in [-0.25, -0.2) is 0 Å². The van der Waals surface area contributed by atoms with Gasteiger partial charge in [-0.15, -0.1) is 0 Å². The van der Waals surface area contributed by atoms with Crippen LogP contribution in [-0.2, 0) is 9.31 Å². The molecule has 2 aliphatic carbocycles. The van der Waals surface area contributed by atoms with Crippen molar-refractivity contribution >= 4 is 7.12 Å². The molecule has 1 heterocycles. The lowest BCUT2D eigenvalue weighted by Gasteiger charge is -2.32. The van der Waals surface area contributed by atoms with Crippen LogP contribution in [0.5, 0.6) is 0 Å². The summed E-state index contributed by atoms with van der Waals surface area (Å²) >= 11 is 0. The van der Waals surface area contributed by atoms with Crippen LogP contribution in [0.1, 0.15) is 85.5 Å². The fourth-order valence-corrected chi connectivity index (χ4v) is 5.44. The molecule has 0 aromatic heterocycles. The molecule has 3 aliphatic rings. The predicted molar refractivity (Wildman–Crippen MR) is 129 cm³/mol. The fraction of sp³-hybridized carbons (Fsp3) is 0.846. The monoisotopic (exact) mass is 448 g/mol. The van der Waals surface area contributed by atoms with Crippen LogP contribution >= 0.6 is 0 Å². The van der Waals surface area contributed by atoms with Crippen LogP contribution in [0.4, 0.5) is 0 Å². The molecule has 3 N–H and O–H groups in total. The molecular formula is C26H45BO5. The van der Waals surface area contributed by atoms with Crippen LogP contribution in [0.2, 0.25) is 6.32 Å². The van der Waals surface area contributed by atoms with Crippen molar-refractivity contribution in [3.63, 3.8) is 0 Å². The Kier molecular flexibility index (Phi) is 9.07. The summed E-state index contributed by atoms with van der Waals surface area (Å²) in [6, 6.07) is 0. The summed E-state index contributed by atoms with van der Waals surface area (Å²) in [5, 5.41) is 31.5. The number of aliphatic hydroxyl groups excluding tert-OH is 3. The van der Waals surface area contributed by atoms with E-state index in [1.54, 1.807) is 0 Å². The van der Waals surface area contributed by atoms with Gasteiger partial charge in [0.15, 0.2) is 0 Å². The van der Waals surface area contributed by atoms with E-state index >= 15 is 0 Å². The van der Waals surface area contributed by atoms with Gasteiger partial charge >= 0.3 is 7.12 Å². The van der Waals surface area contributed by atoms with Crippen molar-refractivity contribution in [3.8, 4) is 0 Å². The standard InChI is InChI=1S/C26H45BO5/c1-25(2)26(3,4)32-27(31-25)17-11-6-5-10-14-20-21(24(30)18-23(20)29)15-16-22(28)19-12-8-7-9-13-19/h5,10,15-16,19-24,28-30H,6-9,11-14,17-18H2,1-4H3/b10-5-,16-15+/t20-,21-,22-,23+,24-/m1/s1. The van der Waals surface area contributed by atoms with E-state index in [0.29, 0.717) is 12.3 Å². The van der Waals surface area contributed by atoms with Gasteiger partial charge in [0.1, 0.15) is 0 Å². The molecule has 0 aromatic carbocycles. The molecule has 6 heteroatoms. The first kappa shape index (κ1) is 26.0. The summed E-state index contributed by atoms with van der Waals surface area (Å²) < 4.78 is 12.1. The fourth-order valence-electron chi connectivity index (χ4n) is 5.44. The molecule has 0 aromatic rings. The number of hydrogen-bond acceptors (Lipinski definition) is 5. The largest absolute Gasteiger partial charge is 0.457 e. The highest BCUT2D eigenvalue weighted by Gasteiger charge is 2.50. The van der Waals surface area contributed by atoms with Gasteiger partial charge in [-0.3, -0.25) is 0 Å². The highest BCUT2D eigenvalue weighted by molar-refractivity contribution is 6.45. The summed E-state index contributed by atoms with van der Waals surface area (Å²) in [4.78, 5) is 0. The lowest BCUT2D eigenvalue weighted by Crippen LogP contribution is -2.41. The molecule has 3 rings (SSSR count). The minimum Gasteiger partial charge on any atom is -0.403 e. The predicted octanol–water partition coefficient (Wildman–Crippen LogP) is 4.66. The minimum absolute atomic E-state index is 0.000784. The van der Waals surface area contributed by atoms with Crippen LogP contribution in [0.15, 0.2) is 24.3 Å². The van der Waals surface area contributed by atoms with E-state index in [0.717, 1.165) is 38.4 Å². The van der Waals surface area contributed by atoms with Crippen molar-refractivity contribution in [3.05, 3.63) is 24.3 Å². The normalized spacial score (nSPS) is 34.2. The van der Waals surface area contributed by atoms with Gasteiger partial charge in [0, 0.05) is 12.3 Å². The van der Waals surface area contributed by atoms with E-state index in [4.69, 9.17) is 9.31 Å². The third-order valence-corrected chi connectivity index (χ3v) is 8.27. The van der Waals surface area contributed by atoms with E-state index < -0.39 is 18.3 Å². The van der Waals surface area contributed by atoms with Crippen LogP contribution < -0.4 is 0 Å². The van der Waals surface area contributed by atoms with E-state index in [-0.39, 0.29) is 30.2 Å². The molecule has 0 spiro atoms. The van der Waals surface area contributed by atoms with Crippen molar-refractivity contribution < 1.29 is 24.6 Å². The first-order valence-corrected chi connectivity index (χ1v) is 12.8.